The van der Waals surface area contributed by atoms with Crippen molar-refractivity contribution < 1.29 is 9.59 Å². The third kappa shape index (κ3) is 6.27. The lowest BCUT2D eigenvalue weighted by Crippen LogP contribution is -2.47. The Kier molecular flexibility index (Phi) is 8.06. The van der Waals surface area contributed by atoms with Crippen molar-refractivity contribution in [2.24, 2.45) is 0 Å². The molecule has 0 spiro atoms. The molecule has 1 fully saturated rings. The van der Waals surface area contributed by atoms with Gasteiger partial charge in [-0.2, -0.15) is 5.10 Å². The van der Waals surface area contributed by atoms with Gasteiger partial charge in [-0.3, -0.25) is 14.5 Å². The van der Waals surface area contributed by atoms with Gasteiger partial charge in [-0.25, -0.2) is 4.68 Å². The first-order valence-corrected chi connectivity index (χ1v) is 11.1. The van der Waals surface area contributed by atoms with Gasteiger partial charge in [0.2, 0.25) is 11.8 Å². The zero-order valence-corrected chi connectivity index (χ0v) is 18.0. The number of nitrogens with zero attached hydrogens (tertiary/aromatic N) is 5. The van der Waals surface area contributed by atoms with Gasteiger partial charge in [0, 0.05) is 58.2 Å². The maximum Gasteiger partial charge on any atom is 0.229 e. The Hall–Kier alpha value is -1.93. The van der Waals surface area contributed by atoms with E-state index in [2.05, 4.69) is 27.1 Å². The molecule has 29 heavy (non-hydrogen) atoms. The number of carbonyl (C=O) groups excluding carboxylic acids is 2. The van der Waals surface area contributed by atoms with Crippen LogP contribution in [-0.4, -0.2) is 83.8 Å². The van der Waals surface area contributed by atoms with Crippen LogP contribution in [0.15, 0.2) is 6.07 Å². The molecule has 1 N–H and O–H groups in total. The maximum absolute atomic E-state index is 12.2. The number of hydrogen-bond acceptors (Lipinski definition) is 5. The number of fused-ring (bicyclic) bond motifs is 1. The van der Waals surface area contributed by atoms with Crippen LogP contribution in [0.5, 0.6) is 0 Å². The molecule has 2 amide bonds. The molecule has 3 rings (SSSR count). The molecule has 0 radical (unpaired) electrons. The van der Waals surface area contributed by atoms with E-state index in [1.165, 1.54) is 13.0 Å². The van der Waals surface area contributed by atoms with Crippen LogP contribution in [0.2, 0.25) is 0 Å². The van der Waals surface area contributed by atoms with Gasteiger partial charge in [0.25, 0.3) is 0 Å². The summed E-state index contributed by atoms with van der Waals surface area (Å²) in [6, 6.07) is 1.94. The normalized spacial score (nSPS) is 18.1. The van der Waals surface area contributed by atoms with E-state index in [1.807, 2.05) is 17.7 Å². The van der Waals surface area contributed by atoms with Gasteiger partial charge in [0.15, 0.2) is 0 Å². The lowest BCUT2D eigenvalue weighted by atomic mass is 10.2. The minimum absolute atomic E-state index is 0.0758. The summed E-state index contributed by atoms with van der Waals surface area (Å²) >= 11 is 0. The monoisotopic (exact) mass is 404 g/mol. The standard InChI is InChI=1S/C21H36N6O2/c1-3-9-24-13-15-25(16-14-24)10-5-8-22-19(28)6-4-11-26-20-17-18(2)23-27(20)12-7-21(26)29/h17H,3-16H2,1-2H3,(H,22,28). The summed E-state index contributed by atoms with van der Waals surface area (Å²) in [4.78, 5) is 31.2. The number of aromatic nitrogens is 2. The molecule has 1 aromatic heterocycles. The molecule has 0 aliphatic carbocycles. The van der Waals surface area contributed by atoms with Crippen molar-refractivity contribution in [2.75, 3.05) is 57.3 Å². The lowest BCUT2D eigenvalue weighted by molar-refractivity contribution is -0.122. The van der Waals surface area contributed by atoms with Crippen LogP contribution in [0.4, 0.5) is 5.82 Å². The Morgan fingerprint density at radius 2 is 1.79 bits per heavy atom. The lowest BCUT2D eigenvalue weighted by Gasteiger charge is -2.34. The Labute approximate surface area is 174 Å². The molecular formula is C21H36N6O2. The van der Waals surface area contributed by atoms with Crippen molar-refractivity contribution in [1.82, 2.24) is 24.9 Å². The summed E-state index contributed by atoms with van der Waals surface area (Å²) in [7, 11) is 0. The van der Waals surface area contributed by atoms with E-state index in [4.69, 9.17) is 0 Å². The molecule has 8 nitrogen and oxygen atoms in total. The second-order valence-electron chi connectivity index (χ2n) is 8.15. The van der Waals surface area contributed by atoms with E-state index in [0.717, 1.165) is 57.2 Å². The number of carbonyl (C=O) groups is 2. The first-order chi connectivity index (χ1) is 14.1. The fourth-order valence-electron chi connectivity index (χ4n) is 4.19. The summed E-state index contributed by atoms with van der Waals surface area (Å²) in [6.45, 7) is 12.9. The average Bonchev–Trinajstić information content (AvgIpc) is 3.09. The molecule has 162 valence electrons. The number of rotatable bonds is 10. The molecule has 0 unspecified atom stereocenters. The summed E-state index contributed by atoms with van der Waals surface area (Å²) < 4.78 is 1.89. The largest absolute Gasteiger partial charge is 0.356 e. The smallest absolute Gasteiger partial charge is 0.229 e. The van der Waals surface area contributed by atoms with Crippen LogP contribution < -0.4 is 10.2 Å². The molecule has 0 atom stereocenters. The summed E-state index contributed by atoms with van der Waals surface area (Å²) in [6.07, 6.45) is 3.81. The zero-order valence-electron chi connectivity index (χ0n) is 18.0. The van der Waals surface area contributed by atoms with Gasteiger partial charge >= 0.3 is 0 Å². The number of anilines is 1. The SMILES string of the molecule is CCCN1CCN(CCCNC(=O)CCCN2C(=O)CCn3nc(C)cc32)CC1. The molecule has 0 saturated carbocycles. The molecule has 1 saturated heterocycles. The first-order valence-electron chi connectivity index (χ1n) is 11.1. The minimum Gasteiger partial charge on any atom is -0.356 e. The Bertz CT molecular complexity index is 681. The Morgan fingerprint density at radius 3 is 2.52 bits per heavy atom. The van der Waals surface area contributed by atoms with Crippen LogP contribution in [-0.2, 0) is 16.1 Å². The van der Waals surface area contributed by atoms with Gasteiger partial charge < -0.3 is 15.1 Å². The van der Waals surface area contributed by atoms with Gasteiger partial charge in [-0.15, -0.1) is 0 Å². The highest BCUT2D eigenvalue weighted by atomic mass is 16.2. The Balaban J connectivity index is 1.28. The van der Waals surface area contributed by atoms with Crippen molar-refractivity contribution >= 4 is 17.6 Å². The first kappa shape index (κ1) is 21.8. The van der Waals surface area contributed by atoms with Crippen molar-refractivity contribution in [2.45, 2.75) is 52.5 Å². The van der Waals surface area contributed by atoms with Gasteiger partial charge in [0.1, 0.15) is 5.82 Å². The number of piperazine rings is 1. The minimum atomic E-state index is 0.0758. The van der Waals surface area contributed by atoms with E-state index >= 15 is 0 Å². The number of aryl methyl sites for hydroxylation is 2. The molecule has 2 aliphatic rings. The Morgan fingerprint density at radius 1 is 1.07 bits per heavy atom. The fraction of sp³-hybridized carbons (Fsp3) is 0.762. The van der Waals surface area contributed by atoms with E-state index in [9.17, 15) is 9.59 Å². The highest BCUT2D eigenvalue weighted by Crippen LogP contribution is 2.22. The third-order valence-electron chi connectivity index (χ3n) is 5.76. The zero-order chi connectivity index (χ0) is 20.6. The van der Waals surface area contributed by atoms with Crippen LogP contribution in [0.1, 0.15) is 44.7 Å². The topological polar surface area (TPSA) is 73.7 Å². The molecule has 0 aromatic carbocycles. The molecule has 8 heteroatoms. The average molecular weight is 405 g/mol. The van der Waals surface area contributed by atoms with Gasteiger partial charge in [-0.1, -0.05) is 6.92 Å². The van der Waals surface area contributed by atoms with E-state index in [1.54, 1.807) is 4.90 Å². The maximum atomic E-state index is 12.2. The van der Waals surface area contributed by atoms with E-state index in [0.29, 0.717) is 32.4 Å². The molecule has 3 heterocycles. The van der Waals surface area contributed by atoms with Crippen LogP contribution in [0.25, 0.3) is 0 Å². The van der Waals surface area contributed by atoms with E-state index < -0.39 is 0 Å². The molecular weight excluding hydrogens is 368 g/mol. The third-order valence-corrected chi connectivity index (χ3v) is 5.76. The second-order valence-corrected chi connectivity index (χ2v) is 8.15. The fourth-order valence-corrected chi connectivity index (χ4v) is 4.19. The van der Waals surface area contributed by atoms with Gasteiger partial charge in [0.05, 0.1) is 12.2 Å². The summed E-state index contributed by atoms with van der Waals surface area (Å²) in [5.41, 5.74) is 0.921. The number of nitrogens with one attached hydrogen (secondary N) is 1. The predicted octanol–water partition coefficient (Wildman–Crippen LogP) is 1.24. The van der Waals surface area contributed by atoms with Crippen molar-refractivity contribution in [3.8, 4) is 0 Å². The quantitative estimate of drug-likeness (QED) is 0.594. The molecule has 2 aliphatic heterocycles. The molecule has 1 aromatic rings. The van der Waals surface area contributed by atoms with Crippen LogP contribution in [0, 0.1) is 6.92 Å². The van der Waals surface area contributed by atoms with Gasteiger partial charge in [-0.05, 0) is 39.3 Å². The number of hydrogen-bond donors (Lipinski definition) is 1. The highest BCUT2D eigenvalue weighted by Gasteiger charge is 2.25. The molecule has 0 bridgehead atoms. The summed E-state index contributed by atoms with van der Waals surface area (Å²) in [5.74, 6) is 1.06. The van der Waals surface area contributed by atoms with Crippen LogP contribution in [0.3, 0.4) is 0 Å². The summed E-state index contributed by atoms with van der Waals surface area (Å²) in [5, 5.41) is 7.44. The second kappa shape index (κ2) is 10.7. The van der Waals surface area contributed by atoms with Crippen molar-refractivity contribution in [3.05, 3.63) is 11.8 Å². The predicted molar refractivity (Wildman–Crippen MR) is 114 cm³/mol. The van der Waals surface area contributed by atoms with Crippen LogP contribution >= 0.6 is 0 Å². The number of amides is 2. The highest BCUT2D eigenvalue weighted by molar-refractivity contribution is 5.93. The van der Waals surface area contributed by atoms with E-state index in [-0.39, 0.29) is 11.8 Å². The van der Waals surface area contributed by atoms with Crippen molar-refractivity contribution in [3.63, 3.8) is 0 Å². The van der Waals surface area contributed by atoms with Crippen molar-refractivity contribution in [1.29, 1.82) is 0 Å².